The van der Waals surface area contributed by atoms with Crippen LogP contribution in [0.15, 0.2) is 43.0 Å². The zero-order valence-corrected chi connectivity index (χ0v) is 14.8. The van der Waals surface area contributed by atoms with Crippen LogP contribution in [0.4, 0.5) is 0 Å². The summed E-state index contributed by atoms with van der Waals surface area (Å²) in [5.41, 5.74) is 2.12. The Morgan fingerprint density at radius 3 is 2.42 bits per heavy atom. The molecule has 0 aliphatic carbocycles. The number of hydrogen-bond donors (Lipinski definition) is 0. The molecule has 1 aromatic carbocycles. The maximum atomic E-state index is 12.9. The Hall–Kier alpha value is -2.14. The van der Waals surface area contributed by atoms with Gasteiger partial charge >= 0.3 is 0 Å². The molecule has 5 heteroatoms. The highest BCUT2D eigenvalue weighted by Crippen LogP contribution is 2.32. The lowest BCUT2D eigenvalue weighted by Crippen LogP contribution is -2.54. The number of hydrogen-bond acceptors (Lipinski definition) is 3. The molecule has 2 aromatic rings. The number of aromatic nitrogens is 2. The molecule has 0 N–H and O–H groups in total. The fourth-order valence-corrected chi connectivity index (χ4v) is 3.54. The first-order valence-electron chi connectivity index (χ1n) is 8.49. The van der Waals surface area contributed by atoms with Crippen molar-refractivity contribution in [3.05, 3.63) is 54.1 Å². The van der Waals surface area contributed by atoms with Crippen molar-refractivity contribution < 1.29 is 4.79 Å². The third-order valence-corrected chi connectivity index (χ3v) is 5.01. The van der Waals surface area contributed by atoms with Gasteiger partial charge in [0.25, 0.3) is 0 Å². The molecule has 128 valence electrons. The number of likely N-dealkylation sites (N-methyl/N-ethyl adjacent to an activating group) is 1. The lowest BCUT2D eigenvalue weighted by atomic mass is 9.85. The molecule has 1 aliphatic heterocycles. The van der Waals surface area contributed by atoms with E-state index in [0.717, 1.165) is 32.5 Å². The van der Waals surface area contributed by atoms with E-state index in [1.54, 1.807) is 17.4 Å². The minimum absolute atomic E-state index is 0.162. The summed E-state index contributed by atoms with van der Waals surface area (Å²) < 4.78 is 2.00. The Morgan fingerprint density at radius 1 is 1.21 bits per heavy atom. The molecule has 1 aromatic heterocycles. The second-order valence-electron chi connectivity index (χ2n) is 6.96. The van der Waals surface area contributed by atoms with E-state index >= 15 is 0 Å². The van der Waals surface area contributed by atoms with Gasteiger partial charge in [0, 0.05) is 46.1 Å². The van der Waals surface area contributed by atoms with Gasteiger partial charge in [0.1, 0.15) is 5.54 Å². The molecule has 0 bridgehead atoms. The van der Waals surface area contributed by atoms with E-state index in [9.17, 15) is 4.79 Å². The first-order valence-corrected chi connectivity index (χ1v) is 8.49. The van der Waals surface area contributed by atoms with Gasteiger partial charge in [-0.1, -0.05) is 29.8 Å². The molecule has 0 radical (unpaired) electrons. The summed E-state index contributed by atoms with van der Waals surface area (Å²) in [6.45, 7) is 4.87. The van der Waals surface area contributed by atoms with E-state index in [-0.39, 0.29) is 5.91 Å². The van der Waals surface area contributed by atoms with Crippen molar-refractivity contribution in [2.24, 2.45) is 0 Å². The Balaban J connectivity index is 1.73. The summed E-state index contributed by atoms with van der Waals surface area (Å²) >= 11 is 0. The highest BCUT2D eigenvalue weighted by atomic mass is 16.2. The molecule has 1 saturated heterocycles. The molecule has 1 aliphatic rings. The summed E-state index contributed by atoms with van der Waals surface area (Å²) in [7, 11) is 3.67. The van der Waals surface area contributed by atoms with Gasteiger partial charge in [0.2, 0.25) is 5.91 Å². The first kappa shape index (κ1) is 16.7. The van der Waals surface area contributed by atoms with Gasteiger partial charge in [-0.2, -0.15) is 0 Å². The number of nitrogens with zero attached hydrogens (tertiary/aromatic N) is 4. The standard InChI is InChI=1S/C19H26N4O/c1-16-4-6-17(7-5-16)14-22-11-8-19(9-12-22,18(24)21(2)3)23-13-10-20-15-23/h4-7,10,13,15H,8-9,11-12,14H2,1-3H3. The largest absolute Gasteiger partial charge is 0.347 e. The third kappa shape index (κ3) is 3.22. The number of piperidine rings is 1. The lowest BCUT2D eigenvalue weighted by molar-refractivity contribution is -0.141. The van der Waals surface area contributed by atoms with Crippen LogP contribution in [0, 0.1) is 6.92 Å². The van der Waals surface area contributed by atoms with E-state index in [1.807, 2.05) is 24.9 Å². The van der Waals surface area contributed by atoms with Gasteiger partial charge in [0.05, 0.1) is 6.33 Å². The number of imidazole rings is 1. The quantitative estimate of drug-likeness (QED) is 0.865. The summed E-state index contributed by atoms with van der Waals surface area (Å²) in [5, 5.41) is 0. The minimum atomic E-state index is -0.496. The van der Waals surface area contributed by atoms with Crippen LogP contribution in [-0.2, 0) is 16.9 Å². The average Bonchev–Trinajstić information content (AvgIpc) is 3.12. The summed E-state index contributed by atoms with van der Waals surface area (Å²) in [6.07, 6.45) is 7.07. The predicted octanol–water partition coefficient (Wildman–Crippen LogP) is 2.27. The van der Waals surface area contributed by atoms with E-state index in [4.69, 9.17) is 0 Å². The molecular weight excluding hydrogens is 300 g/mol. The number of carbonyl (C=O) groups excluding carboxylic acids is 1. The summed E-state index contributed by atoms with van der Waals surface area (Å²) in [4.78, 5) is 21.2. The Bertz CT molecular complexity index is 668. The average molecular weight is 326 g/mol. The normalized spacial score (nSPS) is 17.6. The topological polar surface area (TPSA) is 41.4 Å². The van der Waals surface area contributed by atoms with Crippen LogP contribution in [0.5, 0.6) is 0 Å². The van der Waals surface area contributed by atoms with Gasteiger partial charge in [-0.15, -0.1) is 0 Å². The third-order valence-electron chi connectivity index (χ3n) is 5.01. The summed E-state index contributed by atoms with van der Waals surface area (Å²) in [5.74, 6) is 0.162. The number of aryl methyl sites for hydroxylation is 1. The number of likely N-dealkylation sites (tertiary alicyclic amines) is 1. The van der Waals surface area contributed by atoms with Gasteiger partial charge in [-0.3, -0.25) is 9.69 Å². The smallest absolute Gasteiger partial charge is 0.248 e. The van der Waals surface area contributed by atoms with Crippen LogP contribution >= 0.6 is 0 Å². The maximum absolute atomic E-state index is 12.9. The Morgan fingerprint density at radius 2 is 1.88 bits per heavy atom. The zero-order valence-electron chi connectivity index (χ0n) is 14.8. The number of benzene rings is 1. The molecule has 1 fully saturated rings. The summed E-state index contributed by atoms with van der Waals surface area (Å²) in [6, 6.07) is 8.70. The van der Waals surface area contributed by atoms with Crippen molar-refractivity contribution >= 4 is 5.91 Å². The fourth-order valence-electron chi connectivity index (χ4n) is 3.54. The van der Waals surface area contributed by atoms with Crippen molar-refractivity contribution in [3.63, 3.8) is 0 Å². The van der Waals surface area contributed by atoms with E-state index < -0.39 is 5.54 Å². The number of carbonyl (C=O) groups is 1. The second-order valence-corrected chi connectivity index (χ2v) is 6.96. The van der Waals surface area contributed by atoms with Crippen molar-refractivity contribution in [1.29, 1.82) is 0 Å². The van der Waals surface area contributed by atoms with Crippen molar-refractivity contribution in [1.82, 2.24) is 19.4 Å². The maximum Gasteiger partial charge on any atom is 0.248 e. The molecule has 3 rings (SSSR count). The van der Waals surface area contributed by atoms with Crippen LogP contribution in [0.1, 0.15) is 24.0 Å². The van der Waals surface area contributed by atoms with Crippen molar-refractivity contribution in [2.75, 3.05) is 27.2 Å². The van der Waals surface area contributed by atoms with Crippen LogP contribution in [0.3, 0.4) is 0 Å². The minimum Gasteiger partial charge on any atom is -0.347 e. The van der Waals surface area contributed by atoms with E-state index in [2.05, 4.69) is 41.1 Å². The Kier molecular flexibility index (Phi) is 4.71. The van der Waals surface area contributed by atoms with Crippen molar-refractivity contribution in [2.45, 2.75) is 31.8 Å². The van der Waals surface area contributed by atoms with E-state index in [1.165, 1.54) is 11.1 Å². The predicted molar refractivity (Wildman–Crippen MR) is 94.6 cm³/mol. The van der Waals surface area contributed by atoms with Crippen LogP contribution in [0.25, 0.3) is 0 Å². The first-order chi connectivity index (χ1) is 11.5. The van der Waals surface area contributed by atoms with Crippen molar-refractivity contribution in [3.8, 4) is 0 Å². The van der Waals surface area contributed by atoms with Gasteiger partial charge in [0.15, 0.2) is 0 Å². The van der Waals surface area contributed by atoms with Gasteiger partial charge in [-0.25, -0.2) is 4.98 Å². The number of amides is 1. The fraction of sp³-hybridized carbons (Fsp3) is 0.474. The van der Waals surface area contributed by atoms with Crippen LogP contribution < -0.4 is 0 Å². The van der Waals surface area contributed by atoms with E-state index in [0.29, 0.717) is 0 Å². The van der Waals surface area contributed by atoms with Gasteiger partial charge < -0.3 is 9.47 Å². The highest BCUT2D eigenvalue weighted by molar-refractivity contribution is 5.84. The lowest BCUT2D eigenvalue weighted by Gasteiger charge is -2.42. The van der Waals surface area contributed by atoms with Crippen LogP contribution in [0.2, 0.25) is 0 Å². The molecule has 24 heavy (non-hydrogen) atoms. The molecular formula is C19H26N4O. The number of rotatable bonds is 4. The van der Waals surface area contributed by atoms with Crippen LogP contribution in [-0.4, -0.2) is 52.4 Å². The monoisotopic (exact) mass is 326 g/mol. The second kappa shape index (κ2) is 6.77. The molecule has 1 amide bonds. The molecule has 0 atom stereocenters. The highest BCUT2D eigenvalue weighted by Gasteiger charge is 2.43. The Labute approximate surface area is 143 Å². The molecule has 0 unspecified atom stereocenters. The zero-order chi connectivity index (χ0) is 17.2. The SMILES string of the molecule is Cc1ccc(CN2CCC(C(=O)N(C)C)(n3ccnc3)CC2)cc1. The van der Waals surface area contributed by atoms with Gasteiger partial charge in [-0.05, 0) is 25.3 Å². The molecule has 0 spiro atoms. The molecule has 5 nitrogen and oxygen atoms in total. The molecule has 0 saturated carbocycles. The molecule has 2 heterocycles.